The summed E-state index contributed by atoms with van der Waals surface area (Å²) in [4.78, 5) is 4.26. The number of hydrogen-bond acceptors (Lipinski definition) is 3. The quantitative estimate of drug-likeness (QED) is 0.912. The first-order valence-corrected chi connectivity index (χ1v) is 8.42. The van der Waals surface area contributed by atoms with E-state index in [1.165, 1.54) is 30.8 Å². The van der Waals surface area contributed by atoms with Crippen molar-refractivity contribution >= 4 is 11.3 Å². The molecule has 0 aromatic carbocycles. The van der Waals surface area contributed by atoms with E-state index >= 15 is 0 Å². The molecule has 0 bridgehead atoms. The van der Waals surface area contributed by atoms with Crippen molar-refractivity contribution in [2.24, 2.45) is 11.3 Å². The van der Waals surface area contributed by atoms with Crippen LogP contribution in [0, 0.1) is 11.3 Å². The summed E-state index contributed by atoms with van der Waals surface area (Å²) < 4.78 is 0. The zero-order valence-corrected chi connectivity index (χ0v) is 13.2. The summed E-state index contributed by atoms with van der Waals surface area (Å²) in [5.41, 5.74) is 0.349. The maximum Gasteiger partial charge on any atom is 0.0332 e. The average molecular weight is 278 g/mol. The Morgan fingerprint density at radius 1 is 1.37 bits per heavy atom. The number of piperazine rings is 1. The van der Waals surface area contributed by atoms with Crippen molar-refractivity contribution < 1.29 is 0 Å². The first kappa shape index (κ1) is 13.6. The van der Waals surface area contributed by atoms with Gasteiger partial charge in [0, 0.05) is 36.6 Å². The molecule has 1 aliphatic heterocycles. The number of nitrogens with zero attached hydrogens (tertiary/aromatic N) is 1. The second-order valence-corrected chi connectivity index (χ2v) is 8.27. The van der Waals surface area contributed by atoms with Crippen LogP contribution in [0.2, 0.25) is 0 Å². The molecule has 3 heteroatoms. The number of thiophene rings is 1. The Labute approximate surface area is 121 Å². The third-order valence-corrected chi connectivity index (χ3v) is 5.47. The van der Waals surface area contributed by atoms with E-state index in [1.807, 2.05) is 11.3 Å². The minimum absolute atomic E-state index is 0.349. The highest BCUT2D eigenvalue weighted by molar-refractivity contribution is 7.09. The SMILES string of the molecule is CC(C)(C)C1CN(Cc2cccs2)C(C2CC2)CN1. The Kier molecular flexibility index (Phi) is 3.71. The van der Waals surface area contributed by atoms with Gasteiger partial charge in [0.2, 0.25) is 0 Å². The predicted molar refractivity (Wildman–Crippen MR) is 82.5 cm³/mol. The van der Waals surface area contributed by atoms with Crippen LogP contribution in [-0.4, -0.2) is 30.1 Å². The van der Waals surface area contributed by atoms with Crippen molar-refractivity contribution in [3.8, 4) is 0 Å². The van der Waals surface area contributed by atoms with E-state index in [2.05, 4.69) is 48.5 Å². The van der Waals surface area contributed by atoms with Crippen LogP contribution in [0.25, 0.3) is 0 Å². The van der Waals surface area contributed by atoms with Crippen LogP contribution >= 0.6 is 11.3 Å². The standard InChI is InChI=1S/C16H26N2S/c1-16(2,3)15-11-18(10-13-5-4-8-19-13)14(9-17-15)12-6-7-12/h4-5,8,12,14-15,17H,6-7,9-11H2,1-3H3. The van der Waals surface area contributed by atoms with Gasteiger partial charge in [-0.3, -0.25) is 4.90 Å². The van der Waals surface area contributed by atoms with Crippen molar-refractivity contribution in [3.05, 3.63) is 22.4 Å². The molecule has 1 saturated heterocycles. The predicted octanol–water partition coefficient (Wildman–Crippen LogP) is 3.35. The number of rotatable bonds is 3. The molecular weight excluding hydrogens is 252 g/mol. The van der Waals surface area contributed by atoms with Crippen molar-refractivity contribution in [3.63, 3.8) is 0 Å². The molecule has 2 unspecified atom stereocenters. The van der Waals surface area contributed by atoms with Crippen LogP contribution in [0.4, 0.5) is 0 Å². The smallest absolute Gasteiger partial charge is 0.0332 e. The van der Waals surface area contributed by atoms with Crippen LogP contribution in [0.3, 0.4) is 0 Å². The zero-order chi connectivity index (χ0) is 13.5. The topological polar surface area (TPSA) is 15.3 Å². The molecule has 0 radical (unpaired) electrons. The molecule has 1 N–H and O–H groups in total. The van der Waals surface area contributed by atoms with Crippen molar-refractivity contribution in [1.29, 1.82) is 0 Å². The van der Waals surface area contributed by atoms with Gasteiger partial charge in [-0.25, -0.2) is 0 Å². The van der Waals surface area contributed by atoms with Crippen LogP contribution in [0.5, 0.6) is 0 Å². The van der Waals surface area contributed by atoms with Gasteiger partial charge >= 0.3 is 0 Å². The number of hydrogen-bond donors (Lipinski definition) is 1. The molecular formula is C16H26N2S. The fourth-order valence-electron chi connectivity index (χ4n) is 3.14. The molecule has 0 amide bonds. The molecule has 1 aromatic heterocycles. The van der Waals surface area contributed by atoms with Gasteiger partial charge in [0.15, 0.2) is 0 Å². The lowest BCUT2D eigenvalue weighted by molar-refractivity contribution is 0.0697. The molecule has 2 fully saturated rings. The van der Waals surface area contributed by atoms with Gasteiger partial charge in [-0.05, 0) is 35.6 Å². The van der Waals surface area contributed by atoms with Crippen molar-refractivity contribution in [1.82, 2.24) is 10.2 Å². The fourth-order valence-corrected chi connectivity index (χ4v) is 3.87. The van der Waals surface area contributed by atoms with Crippen molar-refractivity contribution in [2.75, 3.05) is 13.1 Å². The van der Waals surface area contributed by atoms with E-state index in [1.54, 1.807) is 0 Å². The maximum absolute atomic E-state index is 3.80. The molecule has 19 heavy (non-hydrogen) atoms. The highest BCUT2D eigenvalue weighted by Gasteiger charge is 2.41. The largest absolute Gasteiger partial charge is 0.311 e. The Balaban J connectivity index is 1.71. The Morgan fingerprint density at radius 2 is 2.16 bits per heavy atom. The molecule has 1 aliphatic carbocycles. The third-order valence-electron chi connectivity index (χ3n) is 4.61. The molecule has 0 spiro atoms. The molecule has 106 valence electrons. The molecule has 2 heterocycles. The van der Waals surface area contributed by atoms with Crippen molar-refractivity contribution in [2.45, 2.75) is 52.2 Å². The van der Waals surface area contributed by atoms with Gasteiger partial charge in [0.1, 0.15) is 0 Å². The van der Waals surface area contributed by atoms with Gasteiger partial charge in [0.05, 0.1) is 0 Å². The zero-order valence-electron chi connectivity index (χ0n) is 12.4. The average Bonchev–Trinajstić information content (AvgIpc) is 3.07. The summed E-state index contributed by atoms with van der Waals surface area (Å²) in [6.45, 7) is 10.6. The Hall–Kier alpha value is -0.380. The first-order chi connectivity index (χ1) is 9.04. The van der Waals surface area contributed by atoms with Gasteiger partial charge in [-0.1, -0.05) is 26.8 Å². The summed E-state index contributed by atoms with van der Waals surface area (Å²) in [6, 6.07) is 5.83. The second-order valence-electron chi connectivity index (χ2n) is 7.24. The Morgan fingerprint density at radius 3 is 2.74 bits per heavy atom. The Bertz CT molecular complexity index is 403. The first-order valence-electron chi connectivity index (χ1n) is 7.54. The summed E-state index contributed by atoms with van der Waals surface area (Å²) >= 11 is 1.90. The highest BCUT2D eigenvalue weighted by Crippen LogP contribution is 2.38. The third kappa shape index (κ3) is 3.21. The highest BCUT2D eigenvalue weighted by atomic mass is 32.1. The molecule has 1 aromatic rings. The van der Waals surface area contributed by atoms with E-state index < -0.39 is 0 Å². The van der Waals surface area contributed by atoms with Crippen LogP contribution < -0.4 is 5.32 Å². The minimum atomic E-state index is 0.349. The lowest BCUT2D eigenvalue weighted by Crippen LogP contribution is -2.60. The molecule has 1 saturated carbocycles. The van der Waals surface area contributed by atoms with Gasteiger partial charge in [-0.2, -0.15) is 0 Å². The van der Waals surface area contributed by atoms with E-state index in [0.29, 0.717) is 11.5 Å². The molecule has 2 nitrogen and oxygen atoms in total. The minimum Gasteiger partial charge on any atom is -0.311 e. The second kappa shape index (κ2) is 5.19. The normalized spacial score (nSPS) is 29.6. The van der Waals surface area contributed by atoms with Crippen LogP contribution in [0.1, 0.15) is 38.5 Å². The van der Waals surface area contributed by atoms with Gasteiger partial charge in [0.25, 0.3) is 0 Å². The summed E-state index contributed by atoms with van der Waals surface area (Å²) in [5.74, 6) is 0.952. The maximum atomic E-state index is 3.80. The van der Waals surface area contributed by atoms with E-state index in [-0.39, 0.29) is 0 Å². The summed E-state index contributed by atoms with van der Waals surface area (Å²) in [7, 11) is 0. The van der Waals surface area contributed by atoms with E-state index in [9.17, 15) is 0 Å². The lowest BCUT2D eigenvalue weighted by Gasteiger charge is -2.45. The van der Waals surface area contributed by atoms with Crippen LogP contribution in [-0.2, 0) is 6.54 Å². The van der Waals surface area contributed by atoms with E-state index in [0.717, 1.165) is 18.5 Å². The summed E-state index contributed by atoms with van der Waals surface area (Å²) in [5, 5.41) is 6.00. The molecule has 2 atom stereocenters. The monoisotopic (exact) mass is 278 g/mol. The van der Waals surface area contributed by atoms with E-state index in [4.69, 9.17) is 0 Å². The lowest BCUT2D eigenvalue weighted by atomic mass is 9.84. The van der Waals surface area contributed by atoms with Gasteiger partial charge < -0.3 is 5.32 Å². The van der Waals surface area contributed by atoms with Crippen LogP contribution in [0.15, 0.2) is 17.5 Å². The summed E-state index contributed by atoms with van der Waals surface area (Å²) in [6.07, 6.45) is 2.88. The number of nitrogens with one attached hydrogen (secondary N) is 1. The molecule has 2 aliphatic rings. The molecule has 3 rings (SSSR count). The fraction of sp³-hybridized carbons (Fsp3) is 0.750. The van der Waals surface area contributed by atoms with Gasteiger partial charge in [-0.15, -0.1) is 11.3 Å².